The van der Waals surface area contributed by atoms with Crippen LogP contribution in [0.5, 0.6) is 0 Å². The van der Waals surface area contributed by atoms with Crippen molar-refractivity contribution in [1.29, 1.82) is 0 Å². The van der Waals surface area contributed by atoms with Crippen LogP contribution in [0.4, 0.5) is 0 Å². The Bertz CT molecular complexity index is 587. The summed E-state index contributed by atoms with van der Waals surface area (Å²) in [5.41, 5.74) is 0.981. The molecule has 0 unspecified atom stereocenters. The largest absolute Gasteiger partial charge is 0.472 e. The highest BCUT2D eigenvalue weighted by Gasteiger charge is 2.34. The van der Waals surface area contributed by atoms with Crippen molar-refractivity contribution in [3.8, 4) is 10.6 Å². The molecule has 0 aromatic carbocycles. The summed E-state index contributed by atoms with van der Waals surface area (Å²) in [6, 6.07) is 1.84. The molecule has 5 nitrogen and oxygen atoms in total. The minimum absolute atomic E-state index is 0.102. The fourth-order valence-corrected chi connectivity index (χ4v) is 2.96. The SMILES string of the molecule is O=C(Cc1csc(-c2ccoc2)n1)NCC1(O)CCC1. The van der Waals surface area contributed by atoms with Crippen molar-refractivity contribution in [3.63, 3.8) is 0 Å². The summed E-state index contributed by atoms with van der Waals surface area (Å²) in [6.45, 7) is 0.338. The number of carbonyl (C=O) groups is 1. The second-order valence-corrected chi connectivity index (χ2v) is 6.05. The van der Waals surface area contributed by atoms with Crippen molar-refractivity contribution in [1.82, 2.24) is 10.3 Å². The summed E-state index contributed by atoms with van der Waals surface area (Å²) in [5, 5.41) is 15.4. The minimum Gasteiger partial charge on any atom is -0.472 e. The number of nitrogens with zero attached hydrogens (tertiary/aromatic N) is 1. The molecule has 0 aliphatic heterocycles. The summed E-state index contributed by atoms with van der Waals surface area (Å²) >= 11 is 1.49. The van der Waals surface area contributed by atoms with Gasteiger partial charge in [0.05, 0.1) is 24.0 Å². The molecule has 3 rings (SSSR count). The summed E-state index contributed by atoms with van der Waals surface area (Å²) in [6.07, 6.45) is 6.05. The first kappa shape index (κ1) is 13.3. The molecule has 6 heteroatoms. The molecule has 106 valence electrons. The molecular weight excluding hydrogens is 276 g/mol. The molecule has 0 atom stereocenters. The van der Waals surface area contributed by atoms with Gasteiger partial charge >= 0.3 is 0 Å². The van der Waals surface area contributed by atoms with Crippen LogP contribution in [0.3, 0.4) is 0 Å². The molecule has 20 heavy (non-hydrogen) atoms. The van der Waals surface area contributed by atoms with Gasteiger partial charge in [-0.15, -0.1) is 11.3 Å². The third-order valence-corrected chi connectivity index (χ3v) is 4.50. The van der Waals surface area contributed by atoms with E-state index in [0.29, 0.717) is 6.54 Å². The second kappa shape index (κ2) is 5.38. The number of hydrogen-bond acceptors (Lipinski definition) is 5. The summed E-state index contributed by atoms with van der Waals surface area (Å²) < 4.78 is 5.01. The number of aliphatic hydroxyl groups is 1. The number of hydrogen-bond donors (Lipinski definition) is 2. The highest BCUT2D eigenvalue weighted by atomic mass is 32.1. The maximum atomic E-state index is 11.8. The van der Waals surface area contributed by atoms with Crippen LogP contribution in [0.15, 0.2) is 28.4 Å². The maximum Gasteiger partial charge on any atom is 0.226 e. The van der Waals surface area contributed by atoms with Crippen LogP contribution in [-0.2, 0) is 11.2 Å². The standard InChI is InChI=1S/C14H16N2O3S/c17-12(15-9-14(18)3-1-4-14)6-11-8-20-13(16-11)10-2-5-19-7-10/h2,5,7-8,18H,1,3-4,6,9H2,(H,15,17). The molecule has 0 saturated heterocycles. The Balaban J connectivity index is 1.54. The zero-order chi connectivity index (χ0) is 14.0. The van der Waals surface area contributed by atoms with Crippen LogP contribution < -0.4 is 5.32 Å². The minimum atomic E-state index is -0.681. The normalized spacial score (nSPS) is 16.6. The molecule has 0 bridgehead atoms. The van der Waals surface area contributed by atoms with Gasteiger partial charge < -0.3 is 14.8 Å². The van der Waals surface area contributed by atoms with E-state index < -0.39 is 5.60 Å². The number of furan rings is 1. The lowest BCUT2D eigenvalue weighted by atomic mass is 9.80. The van der Waals surface area contributed by atoms with Gasteiger partial charge in [0.25, 0.3) is 0 Å². The van der Waals surface area contributed by atoms with Crippen molar-refractivity contribution in [2.24, 2.45) is 0 Å². The number of thiazole rings is 1. The highest BCUT2D eigenvalue weighted by Crippen LogP contribution is 2.30. The summed E-state index contributed by atoms with van der Waals surface area (Å²) in [4.78, 5) is 16.2. The van der Waals surface area contributed by atoms with Crippen molar-refractivity contribution < 1.29 is 14.3 Å². The first-order valence-corrected chi connectivity index (χ1v) is 7.49. The molecule has 1 amide bonds. The Hall–Kier alpha value is -1.66. The van der Waals surface area contributed by atoms with Crippen LogP contribution in [-0.4, -0.2) is 28.1 Å². The van der Waals surface area contributed by atoms with E-state index in [-0.39, 0.29) is 12.3 Å². The zero-order valence-electron chi connectivity index (χ0n) is 11.0. The Kier molecular flexibility index (Phi) is 3.58. The van der Waals surface area contributed by atoms with Gasteiger partial charge in [0, 0.05) is 17.5 Å². The van der Waals surface area contributed by atoms with Crippen LogP contribution in [0.2, 0.25) is 0 Å². The molecule has 1 saturated carbocycles. The van der Waals surface area contributed by atoms with Crippen LogP contribution in [0.1, 0.15) is 25.0 Å². The Morgan fingerprint density at radius 2 is 2.40 bits per heavy atom. The first-order chi connectivity index (χ1) is 9.65. The van der Waals surface area contributed by atoms with Crippen LogP contribution in [0, 0.1) is 0 Å². The molecule has 0 spiro atoms. The predicted molar refractivity (Wildman–Crippen MR) is 75.3 cm³/mol. The lowest BCUT2D eigenvalue weighted by molar-refractivity contribution is -0.122. The average molecular weight is 292 g/mol. The summed E-state index contributed by atoms with van der Waals surface area (Å²) in [5.74, 6) is -0.102. The van der Waals surface area contributed by atoms with Gasteiger partial charge in [-0.1, -0.05) is 0 Å². The monoisotopic (exact) mass is 292 g/mol. The Morgan fingerprint density at radius 3 is 3.05 bits per heavy atom. The van der Waals surface area contributed by atoms with E-state index in [0.717, 1.165) is 35.5 Å². The molecule has 1 aliphatic carbocycles. The molecule has 2 N–H and O–H groups in total. The van der Waals surface area contributed by atoms with E-state index in [1.165, 1.54) is 11.3 Å². The lowest BCUT2D eigenvalue weighted by Crippen LogP contribution is -2.48. The Morgan fingerprint density at radius 1 is 1.55 bits per heavy atom. The molecule has 2 aromatic rings. The van der Waals surface area contributed by atoms with Gasteiger partial charge in [-0.25, -0.2) is 4.98 Å². The van der Waals surface area contributed by atoms with Gasteiger partial charge in [0.1, 0.15) is 11.3 Å². The van der Waals surface area contributed by atoms with E-state index in [1.54, 1.807) is 12.5 Å². The van der Waals surface area contributed by atoms with E-state index >= 15 is 0 Å². The summed E-state index contributed by atoms with van der Waals surface area (Å²) in [7, 11) is 0. The number of amides is 1. The predicted octanol–water partition coefficient (Wildman–Crippen LogP) is 1.98. The second-order valence-electron chi connectivity index (χ2n) is 5.19. The van der Waals surface area contributed by atoms with E-state index in [9.17, 15) is 9.90 Å². The van der Waals surface area contributed by atoms with E-state index in [4.69, 9.17) is 4.42 Å². The average Bonchev–Trinajstić information content (AvgIpc) is 3.04. The van der Waals surface area contributed by atoms with Crippen molar-refractivity contribution in [2.45, 2.75) is 31.3 Å². The van der Waals surface area contributed by atoms with E-state index in [2.05, 4.69) is 10.3 Å². The number of carbonyl (C=O) groups excluding carboxylic acids is 1. The van der Waals surface area contributed by atoms with Crippen molar-refractivity contribution in [2.75, 3.05) is 6.54 Å². The molecule has 2 aromatic heterocycles. The van der Waals surface area contributed by atoms with Crippen LogP contribution >= 0.6 is 11.3 Å². The lowest BCUT2D eigenvalue weighted by Gasteiger charge is -2.36. The number of aromatic nitrogens is 1. The number of rotatable bonds is 5. The highest BCUT2D eigenvalue weighted by molar-refractivity contribution is 7.13. The van der Waals surface area contributed by atoms with Crippen LogP contribution in [0.25, 0.3) is 10.6 Å². The fourth-order valence-electron chi connectivity index (χ4n) is 2.16. The zero-order valence-corrected chi connectivity index (χ0v) is 11.8. The van der Waals surface area contributed by atoms with Gasteiger partial charge in [-0.2, -0.15) is 0 Å². The molecular formula is C14H16N2O3S. The van der Waals surface area contributed by atoms with Gasteiger partial charge in [0.2, 0.25) is 5.91 Å². The smallest absolute Gasteiger partial charge is 0.226 e. The third-order valence-electron chi connectivity index (χ3n) is 3.56. The molecule has 2 heterocycles. The molecule has 1 fully saturated rings. The van der Waals surface area contributed by atoms with Gasteiger partial charge in [-0.05, 0) is 25.3 Å². The van der Waals surface area contributed by atoms with Crippen molar-refractivity contribution in [3.05, 3.63) is 29.7 Å². The fraction of sp³-hybridized carbons (Fsp3) is 0.429. The topological polar surface area (TPSA) is 75.4 Å². The third kappa shape index (κ3) is 2.91. The van der Waals surface area contributed by atoms with E-state index in [1.807, 2.05) is 11.4 Å². The quantitative estimate of drug-likeness (QED) is 0.883. The number of nitrogens with one attached hydrogen (secondary N) is 1. The molecule has 0 radical (unpaired) electrons. The van der Waals surface area contributed by atoms with Gasteiger partial charge in [-0.3, -0.25) is 4.79 Å². The van der Waals surface area contributed by atoms with Crippen molar-refractivity contribution >= 4 is 17.2 Å². The molecule has 1 aliphatic rings. The van der Waals surface area contributed by atoms with Gasteiger partial charge in [0.15, 0.2) is 0 Å². The Labute approximate surface area is 120 Å². The first-order valence-electron chi connectivity index (χ1n) is 6.61. The maximum absolute atomic E-state index is 11.8.